The molecule has 0 bridgehead atoms. The molecular weight excluding hydrogens is 166 g/mol. The lowest BCUT2D eigenvalue weighted by Gasteiger charge is -2.05. The van der Waals surface area contributed by atoms with Gasteiger partial charge < -0.3 is 5.32 Å². The summed E-state index contributed by atoms with van der Waals surface area (Å²) >= 11 is 1.81. The van der Waals surface area contributed by atoms with E-state index in [1.807, 2.05) is 11.8 Å². The van der Waals surface area contributed by atoms with Crippen LogP contribution in [0.2, 0.25) is 0 Å². The first-order chi connectivity index (χ1) is 5.81. The lowest BCUT2D eigenvalue weighted by Crippen LogP contribution is -2.06. The normalized spacial score (nSPS) is 21.0. The summed E-state index contributed by atoms with van der Waals surface area (Å²) in [6.07, 6.45) is 2.12. The Kier molecular flexibility index (Phi) is 2.11. The van der Waals surface area contributed by atoms with E-state index in [2.05, 4.69) is 36.7 Å². The largest absolute Gasteiger partial charge is 0.306 e. The molecule has 1 aromatic rings. The summed E-state index contributed by atoms with van der Waals surface area (Å²) in [7, 11) is 0. The Balaban J connectivity index is 2.43. The smallest absolute Gasteiger partial charge is 0.0298 e. The summed E-state index contributed by atoms with van der Waals surface area (Å²) in [6.45, 7) is 3.25. The van der Waals surface area contributed by atoms with Gasteiger partial charge in [-0.3, -0.25) is 0 Å². The van der Waals surface area contributed by atoms with Gasteiger partial charge in [0, 0.05) is 17.5 Å². The van der Waals surface area contributed by atoms with Crippen LogP contribution < -0.4 is 5.32 Å². The highest BCUT2D eigenvalue weighted by Gasteiger charge is 2.16. The Morgan fingerprint density at radius 2 is 2.33 bits per heavy atom. The molecule has 1 aliphatic rings. The monoisotopic (exact) mass is 179 g/mol. The van der Waals surface area contributed by atoms with Gasteiger partial charge in [0.1, 0.15) is 0 Å². The Labute approximate surface area is 77.6 Å². The minimum atomic E-state index is 0.534. The van der Waals surface area contributed by atoms with Crippen LogP contribution in [0.15, 0.2) is 23.1 Å². The van der Waals surface area contributed by atoms with Crippen molar-refractivity contribution in [1.82, 2.24) is 5.32 Å². The van der Waals surface area contributed by atoms with Crippen molar-refractivity contribution < 1.29 is 0 Å². The van der Waals surface area contributed by atoms with Gasteiger partial charge in [-0.1, -0.05) is 6.07 Å². The Morgan fingerprint density at radius 3 is 3.08 bits per heavy atom. The molecule has 1 aliphatic heterocycles. The van der Waals surface area contributed by atoms with Gasteiger partial charge in [0.25, 0.3) is 0 Å². The molecule has 12 heavy (non-hydrogen) atoms. The summed E-state index contributed by atoms with van der Waals surface area (Å²) < 4.78 is 0. The minimum absolute atomic E-state index is 0.534. The maximum atomic E-state index is 3.43. The summed E-state index contributed by atoms with van der Waals surface area (Å²) in [5.74, 6) is 0. The maximum Gasteiger partial charge on any atom is 0.0298 e. The third-order valence-electron chi connectivity index (χ3n) is 2.42. The van der Waals surface area contributed by atoms with Crippen molar-refractivity contribution >= 4 is 11.8 Å². The first-order valence-electron chi connectivity index (χ1n) is 4.21. The van der Waals surface area contributed by atoms with Gasteiger partial charge in [-0.05, 0) is 36.4 Å². The summed E-state index contributed by atoms with van der Waals surface area (Å²) in [4.78, 5) is 1.37. The van der Waals surface area contributed by atoms with Crippen molar-refractivity contribution in [2.45, 2.75) is 24.4 Å². The summed E-state index contributed by atoms with van der Waals surface area (Å²) in [6, 6.07) is 7.26. The molecule has 0 aliphatic carbocycles. The maximum absolute atomic E-state index is 3.43. The number of fused-ring (bicyclic) bond motifs is 1. The van der Waals surface area contributed by atoms with Gasteiger partial charge >= 0.3 is 0 Å². The van der Waals surface area contributed by atoms with E-state index in [1.165, 1.54) is 16.0 Å². The van der Waals surface area contributed by atoms with Crippen molar-refractivity contribution in [3.05, 3.63) is 29.3 Å². The average Bonchev–Trinajstić information content (AvgIpc) is 2.47. The first-order valence-corrected chi connectivity index (χ1v) is 5.44. The van der Waals surface area contributed by atoms with Gasteiger partial charge in [-0.25, -0.2) is 0 Å². The molecule has 0 radical (unpaired) electrons. The number of nitrogens with one attached hydrogen (secondary N) is 1. The van der Waals surface area contributed by atoms with E-state index in [4.69, 9.17) is 0 Å². The predicted molar refractivity (Wildman–Crippen MR) is 53.5 cm³/mol. The van der Waals surface area contributed by atoms with Crippen LogP contribution in [0.4, 0.5) is 0 Å². The Morgan fingerprint density at radius 1 is 1.50 bits per heavy atom. The van der Waals surface area contributed by atoms with Gasteiger partial charge in [0.05, 0.1) is 0 Å². The Hall–Kier alpha value is -0.470. The van der Waals surface area contributed by atoms with Crippen LogP contribution in [0.1, 0.15) is 24.1 Å². The summed E-state index contributed by atoms with van der Waals surface area (Å²) in [5, 5.41) is 3.43. The molecule has 64 valence electrons. The van der Waals surface area contributed by atoms with Gasteiger partial charge in [-0.15, -0.1) is 11.8 Å². The third-order valence-corrected chi connectivity index (χ3v) is 3.14. The highest BCUT2D eigenvalue weighted by molar-refractivity contribution is 7.98. The average molecular weight is 179 g/mol. The van der Waals surface area contributed by atoms with Crippen molar-refractivity contribution in [3.8, 4) is 0 Å². The van der Waals surface area contributed by atoms with Crippen LogP contribution in [0.3, 0.4) is 0 Å². The molecule has 1 atom stereocenters. The van der Waals surface area contributed by atoms with Crippen LogP contribution in [-0.4, -0.2) is 6.26 Å². The molecule has 0 unspecified atom stereocenters. The van der Waals surface area contributed by atoms with E-state index in [-0.39, 0.29) is 0 Å². The highest BCUT2D eigenvalue weighted by atomic mass is 32.2. The first kappa shape index (κ1) is 8.14. The van der Waals surface area contributed by atoms with Crippen molar-refractivity contribution in [2.75, 3.05) is 6.26 Å². The molecule has 2 heteroatoms. The second-order valence-corrected chi connectivity index (χ2v) is 4.05. The van der Waals surface area contributed by atoms with Crippen LogP contribution in [0, 0.1) is 0 Å². The zero-order valence-corrected chi connectivity index (χ0v) is 8.24. The molecule has 1 heterocycles. The van der Waals surface area contributed by atoms with Gasteiger partial charge in [-0.2, -0.15) is 0 Å². The molecular formula is C10H13NS. The van der Waals surface area contributed by atoms with Gasteiger partial charge in [0.2, 0.25) is 0 Å². The standard InChI is InChI=1S/C10H13NS/c1-7-10-5-9(12-2)4-3-8(10)6-11-7/h3-5,7,11H,6H2,1-2H3/t7-/m0/s1. The molecule has 0 aromatic heterocycles. The van der Waals surface area contributed by atoms with Crippen molar-refractivity contribution in [1.29, 1.82) is 0 Å². The molecule has 0 spiro atoms. The zero-order chi connectivity index (χ0) is 8.55. The second-order valence-electron chi connectivity index (χ2n) is 3.17. The Bertz CT molecular complexity index is 296. The van der Waals surface area contributed by atoms with Crippen LogP contribution in [-0.2, 0) is 6.54 Å². The van der Waals surface area contributed by atoms with Crippen LogP contribution in [0.5, 0.6) is 0 Å². The number of rotatable bonds is 1. The third kappa shape index (κ3) is 1.25. The second kappa shape index (κ2) is 3.11. The highest BCUT2D eigenvalue weighted by Crippen LogP contribution is 2.28. The van der Waals surface area contributed by atoms with Crippen molar-refractivity contribution in [3.63, 3.8) is 0 Å². The van der Waals surface area contributed by atoms with E-state index >= 15 is 0 Å². The van der Waals surface area contributed by atoms with E-state index in [0.717, 1.165) is 6.54 Å². The molecule has 0 fully saturated rings. The van der Waals surface area contributed by atoms with E-state index < -0.39 is 0 Å². The van der Waals surface area contributed by atoms with Crippen molar-refractivity contribution in [2.24, 2.45) is 0 Å². The molecule has 2 rings (SSSR count). The predicted octanol–water partition coefficient (Wildman–Crippen LogP) is 2.57. The molecule has 1 nitrogen and oxygen atoms in total. The SMILES string of the molecule is CSc1ccc2c(c1)[C@H](C)NC2. The number of hydrogen-bond donors (Lipinski definition) is 1. The lowest BCUT2D eigenvalue weighted by molar-refractivity contribution is 0.633. The topological polar surface area (TPSA) is 12.0 Å². The lowest BCUT2D eigenvalue weighted by atomic mass is 10.1. The fourth-order valence-corrected chi connectivity index (χ4v) is 2.09. The fraction of sp³-hybridized carbons (Fsp3) is 0.400. The summed E-state index contributed by atoms with van der Waals surface area (Å²) in [5.41, 5.74) is 2.93. The zero-order valence-electron chi connectivity index (χ0n) is 7.42. The minimum Gasteiger partial charge on any atom is -0.306 e. The van der Waals surface area contributed by atoms with Crippen LogP contribution >= 0.6 is 11.8 Å². The van der Waals surface area contributed by atoms with Gasteiger partial charge in [0.15, 0.2) is 0 Å². The van der Waals surface area contributed by atoms with E-state index in [0.29, 0.717) is 6.04 Å². The fourth-order valence-electron chi connectivity index (χ4n) is 1.64. The number of hydrogen-bond acceptors (Lipinski definition) is 2. The number of thioether (sulfide) groups is 1. The van der Waals surface area contributed by atoms with E-state index in [9.17, 15) is 0 Å². The molecule has 0 amide bonds. The molecule has 1 aromatic carbocycles. The molecule has 1 N–H and O–H groups in total. The molecule has 0 saturated carbocycles. The van der Waals surface area contributed by atoms with E-state index in [1.54, 1.807) is 0 Å². The van der Waals surface area contributed by atoms with Crippen LogP contribution in [0.25, 0.3) is 0 Å². The number of benzene rings is 1. The quantitative estimate of drug-likeness (QED) is 0.665. The molecule has 0 saturated heterocycles.